The predicted octanol–water partition coefficient (Wildman–Crippen LogP) is 5.59. The molecule has 0 fully saturated rings. The molecule has 0 amide bonds. The lowest BCUT2D eigenvalue weighted by Gasteiger charge is -2.21. The van der Waals surface area contributed by atoms with E-state index in [1.54, 1.807) is 0 Å². The minimum absolute atomic E-state index is 0.178. The number of hydrogen-bond acceptors (Lipinski definition) is 1. The summed E-state index contributed by atoms with van der Waals surface area (Å²) in [6, 6.07) is 14.5. The summed E-state index contributed by atoms with van der Waals surface area (Å²) in [5.74, 6) is 0. The highest BCUT2D eigenvalue weighted by Crippen LogP contribution is 2.32. The van der Waals surface area contributed by atoms with E-state index in [2.05, 4.69) is 49.5 Å². The van der Waals surface area contributed by atoms with Gasteiger partial charge in [-0.2, -0.15) is 0 Å². The second-order valence-corrected chi connectivity index (χ2v) is 6.07. The number of halogens is 2. The lowest BCUT2D eigenvalue weighted by Crippen LogP contribution is -2.24. The van der Waals surface area contributed by atoms with Crippen LogP contribution in [0.2, 0.25) is 10.0 Å². The third-order valence-electron chi connectivity index (χ3n) is 3.68. The smallest absolute Gasteiger partial charge is 0.0640 e. The Balaban J connectivity index is 2.30. The van der Waals surface area contributed by atoms with Crippen molar-refractivity contribution in [3.63, 3.8) is 0 Å². The van der Waals surface area contributed by atoms with Crippen LogP contribution in [0, 0.1) is 6.92 Å². The van der Waals surface area contributed by atoms with Crippen LogP contribution in [0.3, 0.4) is 0 Å². The molecule has 2 rings (SSSR count). The van der Waals surface area contributed by atoms with Crippen molar-refractivity contribution in [2.45, 2.75) is 32.7 Å². The maximum atomic E-state index is 6.40. The molecule has 0 aliphatic carbocycles. The second kappa shape index (κ2) is 7.84. The lowest BCUT2D eigenvalue weighted by atomic mass is 9.96. The summed E-state index contributed by atoms with van der Waals surface area (Å²) in [7, 11) is 0. The van der Waals surface area contributed by atoms with Crippen molar-refractivity contribution >= 4 is 23.2 Å². The molecule has 1 nitrogen and oxygen atoms in total. The van der Waals surface area contributed by atoms with E-state index in [-0.39, 0.29) is 6.04 Å². The van der Waals surface area contributed by atoms with Gasteiger partial charge in [-0.15, -0.1) is 0 Å². The maximum Gasteiger partial charge on any atom is 0.0640 e. The molecule has 1 N–H and O–H groups in total. The molecular formula is C18H21Cl2N. The molecule has 2 aromatic carbocycles. The average Bonchev–Trinajstić information content (AvgIpc) is 2.48. The third kappa shape index (κ3) is 4.23. The average molecular weight is 322 g/mol. The van der Waals surface area contributed by atoms with E-state index >= 15 is 0 Å². The molecule has 0 bridgehead atoms. The van der Waals surface area contributed by atoms with Crippen LogP contribution in [0.5, 0.6) is 0 Å². The van der Waals surface area contributed by atoms with Crippen LogP contribution >= 0.6 is 23.2 Å². The quantitative estimate of drug-likeness (QED) is 0.731. The Morgan fingerprint density at radius 2 is 1.81 bits per heavy atom. The molecule has 0 saturated heterocycles. The summed E-state index contributed by atoms with van der Waals surface area (Å²) in [4.78, 5) is 0. The topological polar surface area (TPSA) is 12.0 Å². The van der Waals surface area contributed by atoms with Gasteiger partial charge in [0.15, 0.2) is 0 Å². The molecule has 0 radical (unpaired) electrons. The number of aryl methyl sites for hydroxylation is 1. The molecular weight excluding hydrogens is 301 g/mol. The van der Waals surface area contributed by atoms with Crippen LogP contribution in [-0.4, -0.2) is 6.54 Å². The molecule has 2 aromatic rings. The monoisotopic (exact) mass is 321 g/mol. The van der Waals surface area contributed by atoms with Crippen LogP contribution < -0.4 is 5.32 Å². The van der Waals surface area contributed by atoms with Gasteiger partial charge >= 0.3 is 0 Å². The van der Waals surface area contributed by atoms with Crippen molar-refractivity contribution in [1.82, 2.24) is 5.32 Å². The Bertz CT molecular complexity index is 596. The Labute approximate surface area is 137 Å². The Morgan fingerprint density at radius 3 is 2.52 bits per heavy atom. The summed E-state index contributed by atoms with van der Waals surface area (Å²) in [5.41, 5.74) is 3.71. The maximum absolute atomic E-state index is 6.40. The minimum atomic E-state index is 0.178. The lowest BCUT2D eigenvalue weighted by molar-refractivity contribution is 0.528. The Kier molecular flexibility index (Phi) is 6.10. The summed E-state index contributed by atoms with van der Waals surface area (Å²) in [6.07, 6.45) is 2.00. The van der Waals surface area contributed by atoms with Gasteiger partial charge in [0.2, 0.25) is 0 Å². The van der Waals surface area contributed by atoms with E-state index in [0.29, 0.717) is 10.0 Å². The highest BCUT2D eigenvalue weighted by atomic mass is 35.5. The van der Waals surface area contributed by atoms with E-state index in [9.17, 15) is 0 Å². The molecule has 0 aliphatic rings. The SMILES string of the molecule is CCCNC(Cc1ccccc1C)c1cccc(Cl)c1Cl. The standard InChI is InChI=1S/C18H21Cl2N/c1-3-11-21-17(12-14-8-5-4-7-13(14)2)15-9-6-10-16(19)18(15)20/h4-10,17,21H,3,11-12H2,1-2H3. The first kappa shape index (κ1) is 16.4. The van der Waals surface area contributed by atoms with Crippen molar-refractivity contribution < 1.29 is 0 Å². The van der Waals surface area contributed by atoms with Crippen molar-refractivity contribution in [1.29, 1.82) is 0 Å². The van der Waals surface area contributed by atoms with E-state index in [1.807, 2.05) is 12.1 Å². The summed E-state index contributed by atoms with van der Waals surface area (Å²) in [5, 5.41) is 4.85. The van der Waals surface area contributed by atoms with Gasteiger partial charge in [-0.25, -0.2) is 0 Å². The first-order chi connectivity index (χ1) is 10.1. The molecule has 0 saturated carbocycles. The number of benzene rings is 2. The number of nitrogens with one attached hydrogen (secondary N) is 1. The van der Waals surface area contributed by atoms with Gasteiger partial charge in [0.25, 0.3) is 0 Å². The molecule has 3 heteroatoms. The summed E-state index contributed by atoms with van der Waals surface area (Å²) >= 11 is 12.6. The van der Waals surface area contributed by atoms with Crippen molar-refractivity contribution in [2.75, 3.05) is 6.54 Å². The van der Waals surface area contributed by atoms with Gasteiger partial charge in [-0.05, 0) is 49.1 Å². The number of rotatable bonds is 6. The van der Waals surface area contributed by atoms with Crippen LogP contribution in [0.25, 0.3) is 0 Å². The molecule has 0 aliphatic heterocycles. The van der Waals surface area contributed by atoms with Gasteiger partial charge in [-0.1, -0.05) is 66.5 Å². The van der Waals surface area contributed by atoms with E-state index < -0.39 is 0 Å². The van der Waals surface area contributed by atoms with Gasteiger partial charge in [0.05, 0.1) is 10.0 Å². The zero-order chi connectivity index (χ0) is 15.2. The molecule has 1 unspecified atom stereocenters. The third-order valence-corrected chi connectivity index (χ3v) is 4.52. The normalized spacial score (nSPS) is 12.4. The predicted molar refractivity (Wildman–Crippen MR) is 92.4 cm³/mol. The van der Waals surface area contributed by atoms with Crippen molar-refractivity contribution in [2.24, 2.45) is 0 Å². The first-order valence-corrected chi connectivity index (χ1v) is 8.11. The van der Waals surface area contributed by atoms with Gasteiger partial charge in [0, 0.05) is 6.04 Å². The van der Waals surface area contributed by atoms with Crippen LogP contribution in [-0.2, 0) is 6.42 Å². The Hall–Kier alpha value is -1.02. The molecule has 0 spiro atoms. The first-order valence-electron chi connectivity index (χ1n) is 7.35. The van der Waals surface area contributed by atoms with Gasteiger partial charge < -0.3 is 5.32 Å². The number of hydrogen-bond donors (Lipinski definition) is 1. The zero-order valence-electron chi connectivity index (χ0n) is 12.5. The van der Waals surface area contributed by atoms with Crippen LogP contribution in [0.1, 0.15) is 36.1 Å². The molecule has 1 atom stereocenters. The Morgan fingerprint density at radius 1 is 1.05 bits per heavy atom. The fraction of sp³-hybridized carbons (Fsp3) is 0.333. The van der Waals surface area contributed by atoms with E-state index in [0.717, 1.165) is 24.9 Å². The van der Waals surface area contributed by atoms with Gasteiger partial charge in [0.1, 0.15) is 0 Å². The summed E-state index contributed by atoms with van der Waals surface area (Å²) < 4.78 is 0. The zero-order valence-corrected chi connectivity index (χ0v) is 14.0. The molecule has 21 heavy (non-hydrogen) atoms. The van der Waals surface area contributed by atoms with E-state index in [4.69, 9.17) is 23.2 Å². The fourth-order valence-corrected chi connectivity index (χ4v) is 2.90. The van der Waals surface area contributed by atoms with Crippen molar-refractivity contribution in [3.8, 4) is 0 Å². The van der Waals surface area contributed by atoms with Crippen LogP contribution in [0.4, 0.5) is 0 Å². The summed E-state index contributed by atoms with van der Waals surface area (Å²) in [6.45, 7) is 5.27. The largest absolute Gasteiger partial charge is 0.310 e. The van der Waals surface area contributed by atoms with Gasteiger partial charge in [-0.3, -0.25) is 0 Å². The van der Waals surface area contributed by atoms with Crippen LogP contribution in [0.15, 0.2) is 42.5 Å². The minimum Gasteiger partial charge on any atom is -0.310 e. The van der Waals surface area contributed by atoms with Crippen molar-refractivity contribution in [3.05, 3.63) is 69.2 Å². The van der Waals surface area contributed by atoms with E-state index in [1.165, 1.54) is 11.1 Å². The molecule has 0 aromatic heterocycles. The highest BCUT2D eigenvalue weighted by molar-refractivity contribution is 6.42. The fourth-order valence-electron chi connectivity index (χ4n) is 2.46. The molecule has 112 valence electrons. The molecule has 0 heterocycles. The second-order valence-electron chi connectivity index (χ2n) is 5.28. The highest BCUT2D eigenvalue weighted by Gasteiger charge is 2.17.